The molecule has 0 aliphatic carbocycles. The van der Waals surface area contributed by atoms with Gasteiger partial charge in [0.15, 0.2) is 0 Å². The number of carbonyl (C=O) groups excluding carboxylic acids is 2. The van der Waals surface area contributed by atoms with E-state index in [1.54, 1.807) is 19.4 Å². The lowest BCUT2D eigenvalue weighted by molar-refractivity contribution is -0.135. The summed E-state index contributed by atoms with van der Waals surface area (Å²) in [5.74, 6) is 1.65. The monoisotopic (exact) mass is 438 g/mol. The van der Waals surface area contributed by atoms with Crippen LogP contribution in [0.2, 0.25) is 0 Å². The molecule has 0 saturated carbocycles. The zero-order chi connectivity index (χ0) is 22.9. The van der Waals surface area contributed by atoms with Crippen LogP contribution in [0.3, 0.4) is 0 Å². The van der Waals surface area contributed by atoms with Crippen LogP contribution in [0.5, 0.6) is 5.75 Å². The molecule has 0 radical (unpaired) electrons. The van der Waals surface area contributed by atoms with Crippen molar-refractivity contribution in [2.75, 3.05) is 44.7 Å². The van der Waals surface area contributed by atoms with Gasteiger partial charge in [-0.1, -0.05) is 12.1 Å². The van der Waals surface area contributed by atoms with Gasteiger partial charge in [0.05, 0.1) is 13.0 Å². The third kappa shape index (κ3) is 5.99. The Bertz CT molecular complexity index is 896. The number of anilines is 1. The average molecular weight is 439 g/mol. The third-order valence-corrected chi connectivity index (χ3v) is 6.04. The molecule has 0 spiro atoms. The Labute approximate surface area is 190 Å². The number of carbonyl (C=O) groups is 2. The minimum atomic E-state index is -0.116. The summed E-state index contributed by atoms with van der Waals surface area (Å²) in [4.78, 5) is 34.0. The quantitative estimate of drug-likeness (QED) is 0.651. The molecule has 1 atom stereocenters. The van der Waals surface area contributed by atoms with Crippen LogP contribution in [0.1, 0.15) is 42.6 Å². The highest BCUT2D eigenvalue weighted by Crippen LogP contribution is 2.24. The molecule has 7 nitrogen and oxygen atoms in total. The second kappa shape index (κ2) is 11.5. The topological polar surface area (TPSA) is 74.8 Å². The molecule has 1 aliphatic rings. The van der Waals surface area contributed by atoms with Crippen molar-refractivity contribution in [3.05, 3.63) is 53.7 Å². The molecule has 32 heavy (non-hydrogen) atoms. The van der Waals surface area contributed by atoms with E-state index < -0.39 is 0 Å². The van der Waals surface area contributed by atoms with Gasteiger partial charge >= 0.3 is 0 Å². The fraction of sp³-hybridized carbons (Fsp3) is 0.480. The van der Waals surface area contributed by atoms with Crippen molar-refractivity contribution >= 4 is 17.6 Å². The molecule has 2 amide bonds. The largest absolute Gasteiger partial charge is 0.497 e. The maximum atomic E-state index is 12.8. The standard InChI is InChI=1S/C25H34N4O3/c1-4-28(5-2)25(31)21-7-6-16-29(18-21)23-17-20(13-15-26-23)24(30)27-14-12-19-8-10-22(32-3)11-9-19/h8-11,13,15,17,21H,4-7,12,14,16,18H2,1-3H3,(H,27,30). The van der Waals surface area contributed by atoms with E-state index in [1.165, 1.54) is 0 Å². The number of hydrogen-bond acceptors (Lipinski definition) is 5. The molecule has 1 aromatic carbocycles. The molecule has 1 aromatic heterocycles. The third-order valence-electron chi connectivity index (χ3n) is 6.04. The molecule has 1 aliphatic heterocycles. The molecular weight excluding hydrogens is 404 g/mol. The first-order valence-electron chi connectivity index (χ1n) is 11.5. The van der Waals surface area contributed by atoms with Crippen LogP contribution in [-0.4, -0.2) is 61.5 Å². The van der Waals surface area contributed by atoms with Gasteiger partial charge in [-0.25, -0.2) is 4.98 Å². The van der Waals surface area contributed by atoms with E-state index in [1.807, 2.05) is 49.1 Å². The molecule has 172 valence electrons. The van der Waals surface area contributed by atoms with E-state index in [0.717, 1.165) is 56.0 Å². The number of benzene rings is 1. The summed E-state index contributed by atoms with van der Waals surface area (Å²) in [6.07, 6.45) is 4.26. The van der Waals surface area contributed by atoms with Crippen molar-refractivity contribution in [2.24, 2.45) is 5.92 Å². The Balaban J connectivity index is 1.57. The molecule has 2 heterocycles. The van der Waals surface area contributed by atoms with Gasteiger partial charge in [0.1, 0.15) is 11.6 Å². The minimum Gasteiger partial charge on any atom is -0.497 e. The Hall–Kier alpha value is -3.09. The van der Waals surface area contributed by atoms with Crippen molar-refractivity contribution in [3.63, 3.8) is 0 Å². The summed E-state index contributed by atoms with van der Waals surface area (Å²) in [6.45, 7) is 7.53. The van der Waals surface area contributed by atoms with Crippen LogP contribution in [0.4, 0.5) is 5.82 Å². The Kier molecular flexibility index (Phi) is 8.48. The lowest BCUT2D eigenvalue weighted by Gasteiger charge is -2.35. The highest BCUT2D eigenvalue weighted by Gasteiger charge is 2.29. The van der Waals surface area contributed by atoms with Gasteiger partial charge in [0, 0.05) is 44.5 Å². The van der Waals surface area contributed by atoms with Crippen molar-refractivity contribution in [3.8, 4) is 5.75 Å². The molecule has 1 N–H and O–H groups in total. The predicted octanol–water partition coefficient (Wildman–Crippen LogP) is 3.15. The number of nitrogens with one attached hydrogen (secondary N) is 1. The second-order valence-electron chi connectivity index (χ2n) is 8.05. The zero-order valence-corrected chi connectivity index (χ0v) is 19.3. The molecule has 1 fully saturated rings. The predicted molar refractivity (Wildman–Crippen MR) is 126 cm³/mol. The first kappa shape index (κ1) is 23.6. The van der Waals surface area contributed by atoms with Crippen LogP contribution in [0.25, 0.3) is 0 Å². The van der Waals surface area contributed by atoms with Crippen molar-refractivity contribution in [1.29, 1.82) is 0 Å². The number of aromatic nitrogens is 1. The summed E-state index contributed by atoms with van der Waals surface area (Å²) < 4.78 is 5.17. The highest BCUT2D eigenvalue weighted by molar-refractivity contribution is 5.94. The van der Waals surface area contributed by atoms with Crippen molar-refractivity contribution in [1.82, 2.24) is 15.2 Å². The van der Waals surface area contributed by atoms with Gasteiger partial charge in [-0.2, -0.15) is 0 Å². The number of amides is 2. The number of ether oxygens (including phenoxy) is 1. The molecule has 7 heteroatoms. The minimum absolute atomic E-state index is 0.0209. The van der Waals surface area contributed by atoms with Crippen molar-refractivity contribution < 1.29 is 14.3 Å². The van der Waals surface area contributed by atoms with E-state index in [0.29, 0.717) is 18.7 Å². The molecule has 1 saturated heterocycles. The number of hydrogen-bond donors (Lipinski definition) is 1. The molecule has 1 unspecified atom stereocenters. The maximum Gasteiger partial charge on any atom is 0.251 e. The highest BCUT2D eigenvalue weighted by atomic mass is 16.5. The SMILES string of the molecule is CCN(CC)C(=O)C1CCCN(c2cc(C(=O)NCCc3ccc(OC)cc3)ccn2)C1. The van der Waals surface area contributed by atoms with Gasteiger partial charge in [0.2, 0.25) is 5.91 Å². The van der Waals surface area contributed by atoms with Crippen LogP contribution in [-0.2, 0) is 11.2 Å². The van der Waals surface area contributed by atoms with E-state index in [-0.39, 0.29) is 17.7 Å². The molecule has 2 aromatic rings. The molecular formula is C25H34N4O3. The van der Waals surface area contributed by atoms with Gasteiger partial charge in [-0.15, -0.1) is 0 Å². The number of pyridine rings is 1. The summed E-state index contributed by atoms with van der Waals surface area (Å²) in [5, 5.41) is 2.99. The number of nitrogens with zero attached hydrogens (tertiary/aromatic N) is 3. The Morgan fingerprint density at radius 2 is 1.94 bits per heavy atom. The smallest absolute Gasteiger partial charge is 0.251 e. The van der Waals surface area contributed by atoms with Crippen molar-refractivity contribution in [2.45, 2.75) is 33.1 Å². The molecule has 3 rings (SSSR count). The van der Waals surface area contributed by atoms with Gasteiger partial charge in [-0.3, -0.25) is 9.59 Å². The van der Waals surface area contributed by atoms with Crippen LogP contribution < -0.4 is 15.0 Å². The van der Waals surface area contributed by atoms with E-state index >= 15 is 0 Å². The first-order chi connectivity index (χ1) is 15.5. The average Bonchev–Trinajstić information content (AvgIpc) is 2.85. The Morgan fingerprint density at radius 1 is 1.19 bits per heavy atom. The normalized spacial score (nSPS) is 15.8. The zero-order valence-electron chi connectivity index (χ0n) is 19.3. The summed E-state index contributed by atoms with van der Waals surface area (Å²) in [5.41, 5.74) is 1.72. The fourth-order valence-corrected chi connectivity index (χ4v) is 4.13. The van der Waals surface area contributed by atoms with E-state index in [2.05, 4.69) is 15.2 Å². The summed E-state index contributed by atoms with van der Waals surface area (Å²) in [6, 6.07) is 11.4. The van der Waals surface area contributed by atoms with Gasteiger partial charge < -0.3 is 19.9 Å². The fourth-order valence-electron chi connectivity index (χ4n) is 4.13. The first-order valence-corrected chi connectivity index (χ1v) is 11.5. The van der Waals surface area contributed by atoms with Gasteiger partial charge in [-0.05, 0) is 62.9 Å². The summed E-state index contributed by atoms with van der Waals surface area (Å²) in [7, 11) is 1.64. The second-order valence-corrected chi connectivity index (χ2v) is 8.05. The van der Waals surface area contributed by atoms with Crippen LogP contribution in [0, 0.1) is 5.92 Å². The summed E-state index contributed by atoms with van der Waals surface area (Å²) >= 11 is 0. The van der Waals surface area contributed by atoms with Crippen LogP contribution in [0.15, 0.2) is 42.6 Å². The number of rotatable bonds is 9. The van der Waals surface area contributed by atoms with Crippen LogP contribution >= 0.6 is 0 Å². The number of piperidine rings is 1. The van der Waals surface area contributed by atoms with Gasteiger partial charge in [0.25, 0.3) is 5.91 Å². The Morgan fingerprint density at radius 3 is 2.62 bits per heavy atom. The van der Waals surface area contributed by atoms with E-state index in [9.17, 15) is 9.59 Å². The molecule has 0 bridgehead atoms. The number of methoxy groups -OCH3 is 1. The lowest BCUT2D eigenvalue weighted by Crippen LogP contribution is -2.45. The maximum absolute atomic E-state index is 12.8. The lowest BCUT2D eigenvalue weighted by atomic mass is 9.96. The van der Waals surface area contributed by atoms with E-state index in [4.69, 9.17) is 4.74 Å².